The van der Waals surface area contributed by atoms with Crippen LogP contribution in [0.2, 0.25) is 0 Å². The molecule has 1 saturated heterocycles. The molecule has 2 aromatic rings. The quantitative estimate of drug-likeness (QED) is 0.858. The number of anilines is 1. The van der Waals surface area contributed by atoms with Crippen molar-refractivity contribution in [1.82, 2.24) is 15.1 Å². The maximum atomic E-state index is 12.3. The number of fused-ring (bicyclic) bond motifs is 1. The zero-order chi connectivity index (χ0) is 17.9. The number of nitrogens with zero attached hydrogens (tertiary/aromatic N) is 2. The number of amides is 2. The Morgan fingerprint density at radius 3 is 3.00 bits per heavy atom. The Morgan fingerprint density at radius 1 is 1.35 bits per heavy atom. The van der Waals surface area contributed by atoms with E-state index in [0.29, 0.717) is 38.2 Å². The van der Waals surface area contributed by atoms with Crippen LogP contribution in [0.3, 0.4) is 0 Å². The van der Waals surface area contributed by atoms with Gasteiger partial charge in [-0.15, -0.1) is 0 Å². The van der Waals surface area contributed by atoms with Crippen LogP contribution in [0.1, 0.15) is 12.8 Å². The fraction of sp³-hybridized carbons (Fsp3) is 0.389. The molecule has 0 bridgehead atoms. The van der Waals surface area contributed by atoms with Gasteiger partial charge in [0.2, 0.25) is 11.8 Å². The fourth-order valence-corrected chi connectivity index (χ4v) is 3.09. The number of hydrogen-bond acceptors (Lipinski definition) is 5. The summed E-state index contributed by atoms with van der Waals surface area (Å²) in [6, 6.07) is 7.56. The lowest BCUT2D eigenvalue weighted by Gasteiger charge is -2.26. The summed E-state index contributed by atoms with van der Waals surface area (Å²) in [5.41, 5.74) is 0.629. The van der Waals surface area contributed by atoms with Gasteiger partial charge in [0.15, 0.2) is 17.6 Å². The number of carbonyl (C=O) groups is 2. The number of nitrogens with one attached hydrogen (secondary N) is 2. The lowest BCUT2D eigenvalue weighted by molar-refractivity contribution is -0.126. The highest BCUT2D eigenvalue weighted by molar-refractivity contribution is 5.93. The zero-order valence-electron chi connectivity index (χ0n) is 14.2. The normalized spacial score (nSPS) is 21.8. The summed E-state index contributed by atoms with van der Waals surface area (Å²) >= 11 is 0. The van der Waals surface area contributed by atoms with Crippen molar-refractivity contribution >= 4 is 17.5 Å². The third-order valence-corrected chi connectivity index (χ3v) is 4.50. The van der Waals surface area contributed by atoms with Crippen molar-refractivity contribution in [2.45, 2.75) is 25.5 Å². The predicted molar refractivity (Wildman–Crippen MR) is 92.9 cm³/mol. The second-order valence-electron chi connectivity index (χ2n) is 6.48. The first kappa shape index (κ1) is 16.4. The molecule has 8 heteroatoms. The molecule has 1 fully saturated rings. The highest BCUT2D eigenvalue weighted by Crippen LogP contribution is 2.31. The average molecular weight is 356 g/mol. The largest absolute Gasteiger partial charge is 0.486 e. The summed E-state index contributed by atoms with van der Waals surface area (Å²) < 4.78 is 13.3. The monoisotopic (exact) mass is 356 g/mol. The topological polar surface area (TPSA) is 94.5 Å². The number of hydrogen-bond donors (Lipinski definition) is 2. The molecule has 2 aliphatic rings. The van der Waals surface area contributed by atoms with Gasteiger partial charge in [-0.2, -0.15) is 5.10 Å². The standard InChI is InChI=1S/C18H20N4O4/c23-17-6-5-12(7-19-17)18(24)21-13-8-20-22(9-13)10-14-11-25-15-3-1-2-4-16(15)26-14/h1-4,8-9,12,14H,5-7,10-11H2,(H,19,23)(H,21,24). The Labute approximate surface area is 150 Å². The maximum absolute atomic E-state index is 12.3. The summed E-state index contributed by atoms with van der Waals surface area (Å²) in [6.07, 6.45) is 4.18. The van der Waals surface area contributed by atoms with Crippen LogP contribution in [0.4, 0.5) is 5.69 Å². The molecular formula is C18H20N4O4. The number of piperidine rings is 1. The third-order valence-electron chi connectivity index (χ3n) is 4.50. The maximum Gasteiger partial charge on any atom is 0.229 e. The van der Waals surface area contributed by atoms with Gasteiger partial charge < -0.3 is 20.1 Å². The van der Waals surface area contributed by atoms with Crippen molar-refractivity contribution in [3.05, 3.63) is 36.7 Å². The van der Waals surface area contributed by atoms with Gasteiger partial charge in [-0.1, -0.05) is 12.1 Å². The molecule has 8 nitrogen and oxygen atoms in total. The van der Waals surface area contributed by atoms with Gasteiger partial charge in [0, 0.05) is 19.2 Å². The Bertz CT molecular complexity index is 809. The highest BCUT2D eigenvalue weighted by atomic mass is 16.6. The van der Waals surface area contributed by atoms with Gasteiger partial charge in [0.1, 0.15) is 6.61 Å². The van der Waals surface area contributed by atoms with Gasteiger partial charge in [-0.05, 0) is 18.6 Å². The van der Waals surface area contributed by atoms with Crippen LogP contribution in [0, 0.1) is 5.92 Å². The molecule has 136 valence electrons. The average Bonchev–Trinajstić information content (AvgIpc) is 3.09. The molecule has 3 heterocycles. The van der Waals surface area contributed by atoms with Crippen molar-refractivity contribution < 1.29 is 19.1 Å². The van der Waals surface area contributed by atoms with E-state index in [1.165, 1.54) is 0 Å². The molecule has 26 heavy (non-hydrogen) atoms. The third kappa shape index (κ3) is 3.63. The van der Waals surface area contributed by atoms with E-state index in [4.69, 9.17) is 9.47 Å². The summed E-state index contributed by atoms with van der Waals surface area (Å²) in [7, 11) is 0. The summed E-state index contributed by atoms with van der Waals surface area (Å²) in [6.45, 7) is 1.34. The zero-order valence-corrected chi connectivity index (χ0v) is 14.2. The molecule has 0 saturated carbocycles. The van der Waals surface area contributed by atoms with Crippen molar-refractivity contribution in [2.24, 2.45) is 5.92 Å². The molecule has 2 unspecified atom stereocenters. The first-order valence-corrected chi connectivity index (χ1v) is 8.66. The Hall–Kier alpha value is -3.03. The lowest BCUT2D eigenvalue weighted by atomic mass is 9.98. The van der Waals surface area contributed by atoms with Crippen LogP contribution in [0.25, 0.3) is 0 Å². The van der Waals surface area contributed by atoms with E-state index in [9.17, 15) is 9.59 Å². The second-order valence-corrected chi connectivity index (χ2v) is 6.48. The molecule has 2 atom stereocenters. The first-order valence-electron chi connectivity index (χ1n) is 8.66. The van der Waals surface area contributed by atoms with Crippen LogP contribution >= 0.6 is 0 Å². The second kappa shape index (κ2) is 7.07. The van der Waals surface area contributed by atoms with Crippen molar-refractivity contribution in [1.29, 1.82) is 0 Å². The number of aromatic nitrogens is 2. The number of para-hydroxylation sites is 2. The molecule has 0 spiro atoms. The van der Waals surface area contributed by atoms with Crippen molar-refractivity contribution in [2.75, 3.05) is 18.5 Å². The molecule has 2 aliphatic heterocycles. The van der Waals surface area contributed by atoms with E-state index in [0.717, 1.165) is 11.5 Å². The first-order chi connectivity index (χ1) is 12.7. The smallest absolute Gasteiger partial charge is 0.229 e. The van der Waals surface area contributed by atoms with E-state index in [2.05, 4.69) is 15.7 Å². The van der Waals surface area contributed by atoms with Gasteiger partial charge in [-0.3, -0.25) is 14.3 Å². The Morgan fingerprint density at radius 2 is 2.19 bits per heavy atom. The Balaban J connectivity index is 1.32. The van der Waals surface area contributed by atoms with Crippen LogP contribution in [-0.2, 0) is 16.1 Å². The number of ether oxygens (including phenoxy) is 2. The number of rotatable bonds is 4. The summed E-state index contributed by atoms with van der Waals surface area (Å²) in [5.74, 6) is 1.16. The molecule has 2 N–H and O–H groups in total. The van der Waals surface area contributed by atoms with Gasteiger partial charge in [0.25, 0.3) is 0 Å². The van der Waals surface area contributed by atoms with Gasteiger partial charge in [-0.25, -0.2) is 0 Å². The van der Waals surface area contributed by atoms with E-state index in [1.54, 1.807) is 17.1 Å². The Kier molecular flexibility index (Phi) is 4.47. The SMILES string of the molecule is O=C1CCC(C(=O)Nc2cnn(CC3COc4ccccc4O3)c2)CN1. The molecular weight excluding hydrogens is 336 g/mol. The minimum absolute atomic E-state index is 0.00172. The van der Waals surface area contributed by atoms with E-state index >= 15 is 0 Å². The molecule has 0 radical (unpaired) electrons. The molecule has 1 aromatic carbocycles. The predicted octanol–water partition coefficient (Wildman–Crippen LogP) is 1.19. The highest BCUT2D eigenvalue weighted by Gasteiger charge is 2.25. The summed E-state index contributed by atoms with van der Waals surface area (Å²) in [5, 5.41) is 9.84. The van der Waals surface area contributed by atoms with Crippen LogP contribution < -0.4 is 20.1 Å². The molecule has 4 rings (SSSR count). The van der Waals surface area contributed by atoms with Crippen molar-refractivity contribution in [3.63, 3.8) is 0 Å². The van der Waals surface area contributed by atoms with Crippen LogP contribution in [-0.4, -0.2) is 40.9 Å². The fourth-order valence-electron chi connectivity index (χ4n) is 3.09. The minimum atomic E-state index is -0.206. The van der Waals surface area contributed by atoms with Crippen molar-refractivity contribution in [3.8, 4) is 11.5 Å². The van der Waals surface area contributed by atoms with E-state index < -0.39 is 0 Å². The van der Waals surface area contributed by atoms with E-state index in [1.807, 2.05) is 24.3 Å². The molecule has 1 aromatic heterocycles. The van der Waals surface area contributed by atoms with Crippen LogP contribution in [0.15, 0.2) is 36.7 Å². The minimum Gasteiger partial charge on any atom is -0.486 e. The van der Waals surface area contributed by atoms with E-state index in [-0.39, 0.29) is 23.8 Å². The number of benzene rings is 1. The molecule has 0 aliphatic carbocycles. The van der Waals surface area contributed by atoms with Crippen LogP contribution in [0.5, 0.6) is 11.5 Å². The summed E-state index contributed by atoms with van der Waals surface area (Å²) in [4.78, 5) is 23.4. The number of carbonyl (C=O) groups excluding carboxylic acids is 2. The molecule has 2 amide bonds. The van der Waals surface area contributed by atoms with Gasteiger partial charge in [0.05, 0.1) is 24.3 Å². The van der Waals surface area contributed by atoms with Gasteiger partial charge >= 0.3 is 0 Å². The lowest BCUT2D eigenvalue weighted by Crippen LogP contribution is -2.40.